The molecule has 2 N–H and O–H groups in total. The Bertz CT molecular complexity index is 1100. The van der Waals surface area contributed by atoms with Gasteiger partial charge in [-0.15, -0.1) is 0 Å². The molecule has 1 saturated heterocycles. The van der Waals surface area contributed by atoms with E-state index in [2.05, 4.69) is 10.9 Å². The van der Waals surface area contributed by atoms with Gasteiger partial charge >= 0.3 is 0 Å². The van der Waals surface area contributed by atoms with E-state index in [0.717, 1.165) is 27.6 Å². The molecule has 0 bridgehead atoms. The second-order valence-electron chi connectivity index (χ2n) is 7.59. The Balaban J connectivity index is 1.34. The van der Waals surface area contributed by atoms with E-state index in [0.29, 0.717) is 6.54 Å². The van der Waals surface area contributed by atoms with Crippen LogP contribution in [0.5, 0.6) is 0 Å². The average Bonchev–Trinajstić information content (AvgIpc) is 3.14. The molecule has 0 saturated carbocycles. The van der Waals surface area contributed by atoms with E-state index in [9.17, 15) is 14.4 Å². The molecule has 0 aliphatic carbocycles. The molecule has 1 aliphatic heterocycles. The largest absolute Gasteiger partial charge is 0.312 e. The second kappa shape index (κ2) is 8.37. The smallest absolute Gasteiger partial charge is 0.243 e. The Kier molecular flexibility index (Phi) is 5.48. The monoisotopic (exact) mass is 401 g/mol. The van der Waals surface area contributed by atoms with Gasteiger partial charge in [0, 0.05) is 18.7 Å². The average molecular weight is 401 g/mol. The Morgan fingerprint density at radius 2 is 1.70 bits per heavy atom. The topological polar surface area (TPSA) is 78.5 Å². The van der Waals surface area contributed by atoms with Gasteiger partial charge in [0.1, 0.15) is 0 Å². The van der Waals surface area contributed by atoms with Crippen molar-refractivity contribution in [3.05, 3.63) is 77.9 Å². The second-order valence-corrected chi connectivity index (χ2v) is 7.59. The molecule has 1 unspecified atom stereocenters. The van der Waals surface area contributed by atoms with Gasteiger partial charge in [-0.1, -0.05) is 60.2 Å². The number of benzene rings is 3. The maximum absolute atomic E-state index is 12.5. The normalized spacial score (nSPS) is 16.0. The standard InChI is InChI=1S/C24H23N3O3/c1-16-9-11-20(12-10-16)27-15-19(14-23(27)29)24(30)26-25-22(28)13-18-7-4-6-17-5-2-3-8-21(17)18/h2-12,19H,13-15H2,1H3,(H,25,28)(H,26,30). The molecule has 6 nitrogen and oxygen atoms in total. The summed E-state index contributed by atoms with van der Waals surface area (Å²) < 4.78 is 0. The lowest BCUT2D eigenvalue weighted by Crippen LogP contribution is -2.45. The summed E-state index contributed by atoms with van der Waals surface area (Å²) in [6.07, 6.45) is 0.277. The molecule has 0 spiro atoms. The zero-order valence-electron chi connectivity index (χ0n) is 16.7. The number of nitrogens with one attached hydrogen (secondary N) is 2. The summed E-state index contributed by atoms with van der Waals surface area (Å²) in [5.41, 5.74) is 7.73. The highest BCUT2D eigenvalue weighted by Gasteiger charge is 2.35. The predicted octanol–water partition coefficient (Wildman–Crippen LogP) is 2.89. The summed E-state index contributed by atoms with van der Waals surface area (Å²) >= 11 is 0. The zero-order chi connectivity index (χ0) is 21.1. The van der Waals surface area contributed by atoms with E-state index >= 15 is 0 Å². The highest BCUT2D eigenvalue weighted by Crippen LogP contribution is 2.25. The molecule has 6 heteroatoms. The first-order chi connectivity index (χ1) is 14.5. The van der Waals surface area contributed by atoms with E-state index in [1.165, 1.54) is 0 Å². The highest BCUT2D eigenvalue weighted by molar-refractivity contribution is 6.00. The van der Waals surface area contributed by atoms with E-state index in [1.54, 1.807) is 4.90 Å². The van der Waals surface area contributed by atoms with Crippen LogP contribution < -0.4 is 15.8 Å². The number of carbonyl (C=O) groups excluding carboxylic acids is 3. The molecule has 152 valence electrons. The number of hydrazine groups is 1. The Hall–Kier alpha value is -3.67. The number of rotatable bonds is 4. The fraction of sp³-hybridized carbons (Fsp3) is 0.208. The lowest BCUT2D eigenvalue weighted by atomic mass is 10.0. The summed E-state index contributed by atoms with van der Waals surface area (Å²) in [6.45, 7) is 2.28. The molecule has 0 radical (unpaired) electrons. The Morgan fingerprint density at radius 3 is 2.50 bits per heavy atom. The molecule has 1 heterocycles. The third kappa shape index (κ3) is 4.17. The van der Waals surface area contributed by atoms with Gasteiger partial charge in [0.2, 0.25) is 17.7 Å². The minimum absolute atomic E-state index is 0.0962. The first-order valence-electron chi connectivity index (χ1n) is 9.93. The number of aryl methyl sites for hydroxylation is 1. The quantitative estimate of drug-likeness (QED) is 0.660. The fourth-order valence-corrected chi connectivity index (χ4v) is 3.75. The Labute approximate surface area is 174 Å². The molecular weight excluding hydrogens is 378 g/mol. The SMILES string of the molecule is Cc1ccc(N2CC(C(=O)NNC(=O)Cc3cccc4ccccc34)CC2=O)cc1. The molecule has 4 rings (SSSR count). The molecule has 3 aromatic rings. The van der Waals surface area contributed by atoms with Crippen LogP contribution in [-0.4, -0.2) is 24.3 Å². The summed E-state index contributed by atoms with van der Waals surface area (Å²) in [6, 6.07) is 21.3. The fourth-order valence-electron chi connectivity index (χ4n) is 3.75. The number of amides is 3. The third-order valence-electron chi connectivity index (χ3n) is 5.40. The number of hydrogen-bond donors (Lipinski definition) is 2. The summed E-state index contributed by atoms with van der Waals surface area (Å²) in [5.74, 6) is -1.26. The van der Waals surface area contributed by atoms with Crippen molar-refractivity contribution in [1.82, 2.24) is 10.9 Å². The van der Waals surface area contributed by atoms with Gasteiger partial charge in [-0.2, -0.15) is 0 Å². The summed E-state index contributed by atoms with van der Waals surface area (Å²) in [7, 11) is 0. The molecule has 1 atom stereocenters. The van der Waals surface area contributed by atoms with Crippen LogP contribution in [0.1, 0.15) is 17.5 Å². The summed E-state index contributed by atoms with van der Waals surface area (Å²) in [4.78, 5) is 38.8. The first kappa shape index (κ1) is 19.6. The van der Waals surface area contributed by atoms with Crippen LogP contribution in [0.3, 0.4) is 0 Å². The van der Waals surface area contributed by atoms with E-state index in [-0.39, 0.29) is 30.6 Å². The van der Waals surface area contributed by atoms with E-state index in [4.69, 9.17) is 0 Å². The van der Waals surface area contributed by atoms with Crippen molar-refractivity contribution < 1.29 is 14.4 Å². The number of anilines is 1. The molecule has 0 aromatic heterocycles. The summed E-state index contributed by atoms with van der Waals surface area (Å²) in [5, 5.41) is 2.07. The molecule has 30 heavy (non-hydrogen) atoms. The minimum atomic E-state index is -0.503. The molecule has 1 aliphatic rings. The first-order valence-corrected chi connectivity index (χ1v) is 9.93. The van der Waals surface area contributed by atoms with Crippen molar-refractivity contribution in [2.24, 2.45) is 5.92 Å². The van der Waals surface area contributed by atoms with Crippen molar-refractivity contribution in [2.75, 3.05) is 11.4 Å². The maximum Gasteiger partial charge on any atom is 0.243 e. The van der Waals surface area contributed by atoms with Gasteiger partial charge in [0.15, 0.2) is 0 Å². The minimum Gasteiger partial charge on any atom is -0.312 e. The number of fused-ring (bicyclic) bond motifs is 1. The molecule has 3 amide bonds. The predicted molar refractivity (Wildman–Crippen MR) is 116 cm³/mol. The van der Waals surface area contributed by atoms with Crippen molar-refractivity contribution in [1.29, 1.82) is 0 Å². The van der Waals surface area contributed by atoms with Gasteiger partial charge in [-0.25, -0.2) is 0 Å². The van der Waals surface area contributed by atoms with Gasteiger partial charge in [-0.3, -0.25) is 25.2 Å². The highest BCUT2D eigenvalue weighted by atomic mass is 16.2. The van der Waals surface area contributed by atoms with Crippen LogP contribution in [-0.2, 0) is 20.8 Å². The van der Waals surface area contributed by atoms with Crippen LogP contribution >= 0.6 is 0 Å². The van der Waals surface area contributed by atoms with Gasteiger partial charge < -0.3 is 4.90 Å². The maximum atomic E-state index is 12.5. The van der Waals surface area contributed by atoms with E-state index in [1.807, 2.05) is 73.7 Å². The zero-order valence-corrected chi connectivity index (χ0v) is 16.7. The van der Waals surface area contributed by atoms with Crippen LogP contribution in [0.25, 0.3) is 10.8 Å². The van der Waals surface area contributed by atoms with Gasteiger partial charge in [-0.05, 0) is 35.4 Å². The van der Waals surface area contributed by atoms with Crippen LogP contribution in [0.2, 0.25) is 0 Å². The van der Waals surface area contributed by atoms with Gasteiger partial charge in [0.25, 0.3) is 0 Å². The lowest BCUT2D eigenvalue weighted by Gasteiger charge is -2.17. The van der Waals surface area contributed by atoms with Gasteiger partial charge in [0.05, 0.1) is 12.3 Å². The van der Waals surface area contributed by atoms with E-state index < -0.39 is 5.92 Å². The molecule has 3 aromatic carbocycles. The molecule has 1 fully saturated rings. The Morgan fingerprint density at radius 1 is 0.967 bits per heavy atom. The molecular formula is C24H23N3O3. The van der Waals surface area contributed by atoms with Crippen LogP contribution in [0.4, 0.5) is 5.69 Å². The number of hydrogen-bond acceptors (Lipinski definition) is 3. The van der Waals surface area contributed by atoms with Crippen molar-refractivity contribution in [2.45, 2.75) is 19.8 Å². The number of carbonyl (C=O) groups is 3. The van der Waals surface area contributed by atoms with Crippen molar-refractivity contribution >= 4 is 34.2 Å². The number of nitrogens with zero attached hydrogens (tertiary/aromatic N) is 1. The third-order valence-corrected chi connectivity index (χ3v) is 5.40. The van der Waals surface area contributed by atoms with Crippen LogP contribution in [0, 0.1) is 12.8 Å². The lowest BCUT2D eigenvalue weighted by molar-refractivity contribution is -0.131. The van der Waals surface area contributed by atoms with Crippen LogP contribution in [0.15, 0.2) is 66.7 Å². The van der Waals surface area contributed by atoms with Crippen molar-refractivity contribution in [3.8, 4) is 0 Å². The van der Waals surface area contributed by atoms with Crippen molar-refractivity contribution in [3.63, 3.8) is 0 Å².